The van der Waals surface area contributed by atoms with E-state index in [4.69, 9.17) is 4.74 Å². The van der Waals surface area contributed by atoms with Gasteiger partial charge in [-0.05, 0) is 36.2 Å². The van der Waals surface area contributed by atoms with Crippen molar-refractivity contribution in [2.24, 2.45) is 0 Å². The van der Waals surface area contributed by atoms with Gasteiger partial charge in [0.25, 0.3) is 0 Å². The lowest BCUT2D eigenvalue weighted by Crippen LogP contribution is -2.56. The molecule has 32 heavy (non-hydrogen) atoms. The second kappa shape index (κ2) is 8.03. The highest BCUT2D eigenvalue weighted by Crippen LogP contribution is 2.46. The van der Waals surface area contributed by atoms with Gasteiger partial charge >= 0.3 is 0 Å². The first-order chi connectivity index (χ1) is 15.2. The lowest BCUT2D eigenvalue weighted by Gasteiger charge is -2.41. The van der Waals surface area contributed by atoms with Crippen LogP contribution in [0.25, 0.3) is 0 Å². The predicted molar refractivity (Wildman–Crippen MR) is 113 cm³/mol. The Labute approximate surface area is 183 Å². The van der Waals surface area contributed by atoms with E-state index in [-0.39, 0.29) is 47.5 Å². The van der Waals surface area contributed by atoms with Gasteiger partial charge in [0.2, 0.25) is 0 Å². The molecule has 0 saturated carbocycles. The van der Waals surface area contributed by atoms with E-state index >= 15 is 0 Å². The number of benzene rings is 3. The molecule has 1 aliphatic rings. The minimum absolute atomic E-state index is 0.0818. The molecule has 3 aromatic carbocycles. The molecule has 0 spiro atoms. The van der Waals surface area contributed by atoms with Gasteiger partial charge < -0.3 is 40.5 Å². The van der Waals surface area contributed by atoms with E-state index in [1.54, 1.807) is 6.07 Å². The van der Waals surface area contributed by atoms with Crippen molar-refractivity contribution < 1.29 is 40.5 Å². The summed E-state index contributed by atoms with van der Waals surface area (Å²) in [6.07, 6.45) is -0.754. The predicted octanol–water partition coefficient (Wildman–Crippen LogP) is 2.12. The average molecular weight is 441 g/mol. The Morgan fingerprint density at radius 3 is 2.19 bits per heavy atom. The summed E-state index contributed by atoms with van der Waals surface area (Å²) in [7, 11) is 0. The summed E-state index contributed by atoms with van der Waals surface area (Å²) in [5.74, 6) is -1.48. The van der Waals surface area contributed by atoms with E-state index < -0.39 is 17.6 Å². The summed E-state index contributed by atoms with van der Waals surface area (Å²) >= 11 is 0. The smallest absolute Gasteiger partial charge is 0.166 e. The number of phenolic OH excluding ortho intramolecular Hbond substituents is 6. The Morgan fingerprint density at radius 1 is 0.812 bits per heavy atom. The van der Waals surface area contributed by atoms with Gasteiger partial charge in [-0.3, -0.25) is 5.32 Å². The van der Waals surface area contributed by atoms with Crippen molar-refractivity contribution in [2.45, 2.75) is 24.7 Å². The molecule has 0 amide bonds. The highest BCUT2D eigenvalue weighted by molar-refractivity contribution is 5.53. The van der Waals surface area contributed by atoms with E-state index in [9.17, 15) is 35.7 Å². The second-order valence-electron chi connectivity index (χ2n) is 7.79. The SMILES string of the molecule is Oc1cc(O)c2c(c1)OC(c1ccc(O)c(O)c1)[C@@](O)(NCCc1ccc(O)c(O)c1)C2. The van der Waals surface area contributed by atoms with Crippen LogP contribution in [0.5, 0.6) is 40.2 Å². The van der Waals surface area contributed by atoms with E-state index in [0.29, 0.717) is 23.1 Å². The van der Waals surface area contributed by atoms with Crippen LogP contribution in [0.3, 0.4) is 0 Å². The Bertz CT molecular complexity index is 1160. The zero-order valence-corrected chi connectivity index (χ0v) is 16.9. The number of nitrogens with one attached hydrogen (secondary N) is 1. The number of aliphatic hydroxyl groups is 1. The van der Waals surface area contributed by atoms with E-state index in [1.807, 2.05) is 0 Å². The average Bonchev–Trinajstić information content (AvgIpc) is 2.73. The maximum atomic E-state index is 11.5. The van der Waals surface area contributed by atoms with Crippen molar-refractivity contribution in [2.75, 3.05) is 6.54 Å². The van der Waals surface area contributed by atoms with Crippen molar-refractivity contribution in [3.05, 3.63) is 65.2 Å². The molecule has 1 aliphatic heterocycles. The topological polar surface area (TPSA) is 163 Å². The number of aromatic hydroxyl groups is 6. The van der Waals surface area contributed by atoms with Crippen LogP contribution >= 0.6 is 0 Å². The molecule has 0 fully saturated rings. The van der Waals surface area contributed by atoms with Gasteiger partial charge in [0.05, 0.1) is 0 Å². The molecular weight excluding hydrogens is 418 g/mol. The molecule has 4 rings (SSSR count). The number of fused-ring (bicyclic) bond motifs is 1. The Kier molecular flexibility index (Phi) is 5.37. The zero-order chi connectivity index (χ0) is 23.0. The van der Waals surface area contributed by atoms with Crippen LogP contribution in [0.4, 0.5) is 0 Å². The largest absolute Gasteiger partial charge is 0.508 e. The minimum Gasteiger partial charge on any atom is -0.508 e. The van der Waals surface area contributed by atoms with Crippen LogP contribution in [-0.4, -0.2) is 48.0 Å². The molecule has 8 N–H and O–H groups in total. The van der Waals surface area contributed by atoms with E-state index in [2.05, 4.69) is 5.32 Å². The van der Waals surface area contributed by atoms with Crippen LogP contribution < -0.4 is 10.1 Å². The number of hydrogen-bond donors (Lipinski definition) is 8. The lowest BCUT2D eigenvalue weighted by molar-refractivity contribution is -0.101. The van der Waals surface area contributed by atoms with Crippen LogP contribution in [0.2, 0.25) is 0 Å². The van der Waals surface area contributed by atoms with Gasteiger partial charge in [0.15, 0.2) is 34.8 Å². The second-order valence-corrected chi connectivity index (χ2v) is 7.79. The third kappa shape index (κ3) is 4.03. The first-order valence-electron chi connectivity index (χ1n) is 9.88. The summed E-state index contributed by atoms with van der Waals surface area (Å²) in [6, 6.07) is 10.9. The quantitative estimate of drug-likeness (QED) is 0.219. The van der Waals surface area contributed by atoms with E-state index in [1.165, 1.54) is 36.4 Å². The molecule has 1 heterocycles. The highest BCUT2D eigenvalue weighted by Gasteiger charge is 2.45. The maximum absolute atomic E-state index is 11.5. The van der Waals surface area contributed by atoms with Gasteiger partial charge in [-0.15, -0.1) is 0 Å². The van der Waals surface area contributed by atoms with Gasteiger partial charge in [-0.25, -0.2) is 0 Å². The standard InChI is InChI=1S/C23H23NO8/c25-14-9-18(28)15-11-23(31,24-6-5-12-1-3-16(26)19(29)7-12)22(32-21(15)10-14)13-2-4-17(27)20(30)8-13/h1-4,7-10,22,24-31H,5-6,11H2/t22?,23-/m1/s1. The summed E-state index contributed by atoms with van der Waals surface area (Å²) in [5, 5.41) is 73.3. The number of hydrogen-bond acceptors (Lipinski definition) is 9. The summed E-state index contributed by atoms with van der Waals surface area (Å²) < 4.78 is 5.93. The van der Waals surface area contributed by atoms with Crippen LogP contribution in [0.1, 0.15) is 22.8 Å². The summed E-state index contributed by atoms with van der Waals surface area (Å²) in [5.41, 5.74) is -0.380. The van der Waals surface area contributed by atoms with Gasteiger partial charge in [-0.2, -0.15) is 0 Å². The lowest BCUT2D eigenvalue weighted by atomic mass is 9.88. The normalized spacial score (nSPS) is 19.8. The highest BCUT2D eigenvalue weighted by atomic mass is 16.5. The minimum atomic E-state index is -1.73. The number of ether oxygens (including phenoxy) is 1. The fourth-order valence-corrected chi connectivity index (χ4v) is 3.84. The molecule has 0 bridgehead atoms. The molecule has 0 aromatic heterocycles. The van der Waals surface area contributed by atoms with Crippen LogP contribution in [0.15, 0.2) is 48.5 Å². The van der Waals surface area contributed by atoms with Crippen molar-refractivity contribution in [1.29, 1.82) is 0 Å². The first-order valence-corrected chi connectivity index (χ1v) is 9.88. The molecule has 0 saturated heterocycles. The molecule has 168 valence electrons. The maximum Gasteiger partial charge on any atom is 0.166 e. The molecule has 0 radical (unpaired) electrons. The summed E-state index contributed by atoms with van der Waals surface area (Å²) in [4.78, 5) is 0. The van der Waals surface area contributed by atoms with Crippen molar-refractivity contribution in [3.63, 3.8) is 0 Å². The van der Waals surface area contributed by atoms with Gasteiger partial charge in [0, 0.05) is 36.2 Å². The van der Waals surface area contributed by atoms with Crippen molar-refractivity contribution >= 4 is 0 Å². The van der Waals surface area contributed by atoms with Gasteiger partial charge in [-0.1, -0.05) is 12.1 Å². The molecule has 2 atom stereocenters. The van der Waals surface area contributed by atoms with E-state index in [0.717, 1.165) is 6.07 Å². The third-order valence-electron chi connectivity index (χ3n) is 5.48. The van der Waals surface area contributed by atoms with Gasteiger partial charge in [0.1, 0.15) is 17.2 Å². The molecule has 0 aliphatic carbocycles. The van der Waals surface area contributed by atoms with Crippen molar-refractivity contribution in [1.82, 2.24) is 5.32 Å². The molecule has 9 heteroatoms. The number of rotatable bonds is 5. The summed E-state index contributed by atoms with van der Waals surface area (Å²) in [6.45, 7) is 0.235. The van der Waals surface area contributed by atoms with Crippen LogP contribution in [0, 0.1) is 0 Å². The fourth-order valence-electron chi connectivity index (χ4n) is 3.84. The fraction of sp³-hybridized carbons (Fsp3) is 0.217. The Morgan fingerprint density at radius 2 is 1.50 bits per heavy atom. The van der Waals surface area contributed by atoms with Crippen molar-refractivity contribution in [3.8, 4) is 40.2 Å². The molecule has 3 aromatic rings. The first kappa shape index (κ1) is 21.4. The molecule has 9 nitrogen and oxygen atoms in total. The number of phenols is 6. The molecule has 1 unspecified atom stereocenters. The zero-order valence-electron chi connectivity index (χ0n) is 16.9. The van der Waals surface area contributed by atoms with Crippen LogP contribution in [-0.2, 0) is 12.8 Å². The third-order valence-corrected chi connectivity index (χ3v) is 5.48. The molecular formula is C23H23NO8. The monoisotopic (exact) mass is 441 g/mol. The Balaban J connectivity index is 1.64. The Hall–Kier alpha value is -3.82.